The molecule has 0 heterocycles. The quantitative estimate of drug-likeness (QED) is 0.386. The van der Waals surface area contributed by atoms with E-state index in [1.807, 2.05) is 48.5 Å². The first kappa shape index (κ1) is 19.2. The standard InChI is InChI=1S/C17H18N3S4/c18-15(12-4-2-1-3-5-12)13-8-6-11(7-9-13)14(20-17(23)24)10-19-16(21)22/h2-9,14-15H,10,18H2,(H2,19,21,22)(H2,20,23,24). The molecule has 0 saturated carbocycles. The summed E-state index contributed by atoms with van der Waals surface area (Å²) >= 11 is 18.2. The van der Waals surface area contributed by atoms with Gasteiger partial charge in [0.15, 0.2) is 0 Å². The molecule has 0 saturated heterocycles. The molecular formula is C17H18N3S4. The molecule has 3 nitrogen and oxygen atoms in total. The van der Waals surface area contributed by atoms with E-state index in [1.165, 1.54) is 0 Å². The molecule has 0 fully saturated rings. The number of hydrogen-bond donors (Lipinski definition) is 5. The Morgan fingerprint density at radius 1 is 0.958 bits per heavy atom. The number of hydrogen-bond acceptors (Lipinski definition) is 3. The van der Waals surface area contributed by atoms with Crippen LogP contribution in [0.2, 0.25) is 0 Å². The smallest absolute Gasteiger partial charge is 0.131 e. The van der Waals surface area contributed by atoms with Crippen LogP contribution in [0.3, 0.4) is 0 Å². The maximum atomic E-state index is 6.32. The second kappa shape index (κ2) is 9.39. The lowest BCUT2D eigenvalue weighted by Gasteiger charge is -2.21. The first-order valence-electron chi connectivity index (χ1n) is 7.25. The van der Waals surface area contributed by atoms with Crippen molar-refractivity contribution in [3.8, 4) is 0 Å². The molecule has 0 aliphatic rings. The van der Waals surface area contributed by atoms with Crippen molar-refractivity contribution in [2.24, 2.45) is 5.73 Å². The molecule has 0 aromatic heterocycles. The summed E-state index contributed by atoms with van der Waals surface area (Å²) in [6.45, 7) is 0.558. The van der Waals surface area contributed by atoms with E-state index in [0.29, 0.717) is 15.2 Å². The number of thiocarbonyl (C=S) groups is 2. The van der Waals surface area contributed by atoms with Gasteiger partial charge in [-0.2, -0.15) is 0 Å². The zero-order chi connectivity index (χ0) is 17.5. The molecule has 2 aromatic rings. The summed E-state index contributed by atoms with van der Waals surface area (Å²) in [6, 6.07) is 18.5. The van der Waals surface area contributed by atoms with E-state index >= 15 is 0 Å². The van der Waals surface area contributed by atoms with Gasteiger partial charge in [-0.1, -0.05) is 73.0 Å². The van der Waals surface area contributed by atoms with Crippen molar-refractivity contribution in [3.05, 3.63) is 71.3 Å². The molecular weight excluding hydrogens is 374 g/mol. The summed E-state index contributed by atoms with van der Waals surface area (Å²) in [7, 11) is 0. The van der Waals surface area contributed by atoms with Gasteiger partial charge < -0.3 is 16.4 Å². The van der Waals surface area contributed by atoms with Crippen molar-refractivity contribution in [2.75, 3.05) is 6.54 Å². The number of nitrogens with one attached hydrogen (secondary N) is 2. The van der Waals surface area contributed by atoms with Crippen LogP contribution in [0.1, 0.15) is 28.8 Å². The predicted molar refractivity (Wildman–Crippen MR) is 115 cm³/mol. The van der Waals surface area contributed by atoms with E-state index in [1.54, 1.807) is 0 Å². The number of thiol groups is 2. The Labute approximate surface area is 164 Å². The fourth-order valence-electron chi connectivity index (χ4n) is 2.33. The average Bonchev–Trinajstić information content (AvgIpc) is 2.58. The molecule has 0 amide bonds. The normalized spacial score (nSPS) is 13.0. The third-order valence-corrected chi connectivity index (χ3v) is 4.11. The van der Waals surface area contributed by atoms with Crippen LogP contribution in [0, 0.1) is 6.07 Å². The topological polar surface area (TPSA) is 50.1 Å². The van der Waals surface area contributed by atoms with Gasteiger partial charge in [-0.25, -0.2) is 0 Å². The lowest BCUT2D eigenvalue weighted by atomic mass is 9.97. The van der Waals surface area contributed by atoms with E-state index in [0.717, 1.165) is 16.7 Å². The minimum absolute atomic E-state index is 0.0586. The highest BCUT2D eigenvalue weighted by atomic mass is 32.1. The largest absolute Gasteiger partial charge is 0.369 e. The van der Waals surface area contributed by atoms with Crippen molar-refractivity contribution in [1.29, 1.82) is 0 Å². The predicted octanol–water partition coefficient (Wildman–Crippen LogP) is 3.18. The lowest BCUT2D eigenvalue weighted by Crippen LogP contribution is -2.34. The second-order valence-corrected chi connectivity index (χ2v) is 7.48. The van der Waals surface area contributed by atoms with Gasteiger partial charge in [-0.05, 0) is 22.8 Å². The van der Waals surface area contributed by atoms with Gasteiger partial charge in [0.2, 0.25) is 0 Å². The molecule has 0 spiro atoms. The van der Waals surface area contributed by atoms with Gasteiger partial charge >= 0.3 is 0 Å². The van der Waals surface area contributed by atoms with Crippen molar-refractivity contribution >= 4 is 58.3 Å². The lowest BCUT2D eigenvalue weighted by molar-refractivity contribution is 0.637. The second-order valence-electron chi connectivity index (χ2n) is 5.17. The van der Waals surface area contributed by atoms with Crippen molar-refractivity contribution in [3.63, 3.8) is 0 Å². The Bertz CT molecular complexity index is 689. The molecule has 24 heavy (non-hydrogen) atoms. The summed E-state index contributed by atoms with van der Waals surface area (Å²) in [4.78, 5) is 0. The third kappa shape index (κ3) is 5.75. The van der Waals surface area contributed by atoms with E-state index in [-0.39, 0.29) is 12.1 Å². The number of nitrogens with two attached hydrogens (primary N) is 1. The zero-order valence-corrected chi connectivity index (χ0v) is 16.2. The summed E-state index contributed by atoms with van der Waals surface area (Å²) < 4.78 is 0.861. The Morgan fingerprint density at radius 2 is 1.50 bits per heavy atom. The molecule has 0 bridgehead atoms. The first-order chi connectivity index (χ1) is 11.5. The van der Waals surface area contributed by atoms with Crippen molar-refractivity contribution < 1.29 is 0 Å². The number of benzene rings is 2. The van der Waals surface area contributed by atoms with Gasteiger partial charge in [0.25, 0.3) is 0 Å². The van der Waals surface area contributed by atoms with Crippen LogP contribution >= 0.6 is 49.7 Å². The van der Waals surface area contributed by atoms with Crippen molar-refractivity contribution in [1.82, 2.24) is 10.6 Å². The van der Waals surface area contributed by atoms with E-state index in [9.17, 15) is 0 Å². The minimum atomic E-state index is -0.172. The van der Waals surface area contributed by atoms with Crippen molar-refractivity contribution in [2.45, 2.75) is 12.1 Å². The molecule has 2 aromatic carbocycles. The Morgan fingerprint density at radius 3 is 2.04 bits per heavy atom. The fourth-order valence-corrected chi connectivity index (χ4v) is 2.80. The molecule has 0 aliphatic heterocycles. The maximum absolute atomic E-state index is 6.32. The molecule has 1 radical (unpaired) electrons. The highest BCUT2D eigenvalue weighted by molar-refractivity contribution is 8.11. The summed E-state index contributed by atoms with van der Waals surface area (Å²) in [5.41, 5.74) is 9.46. The van der Waals surface area contributed by atoms with E-state index in [2.05, 4.69) is 42.0 Å². The average molecular weight is 393 g/mol. The van der Waals surface area contributed by atoms with Crippen LogP contribution in [0.5, 0.6) is 0 Å². The van der Waals surface area contributed by atoms with E-state index in [4.69, 9.17) is 30.2 Å². The maximum Gasteiger partial charge on any atom is 0.131 e. The molecule has 2 atom stereocenters. The monoisotopic (exact) mass is 392 g/mol. The highest BCUT2D eigenvalue weighted by Gasteiger charge is 2.14. The highest BCUT2D eigenvalue weighted by Crippen LogP contribution is 2.22. The molecule has 125 valence electrons. The summed E-state index contributed by atoms with van der Waals surface area (Å²) in [5, 5.41) is 6.16. The minimum Gasteiger partial charge on any atom is -0.369 e. The van der Waals surface area contributed by atoms with Crippen LogP contribution in [-0.2, 0) is 0 Å². The Hall–Kier alpha value is -1.12. The van der Waals surface area contributed by atoms with Crippen LogP contribution in [0.15, 0.2) is 48.5 Å². The summed E-state index contributed by atoms with van der Waals surface area (Å²) in [5.74, 6) is 0. The van der Waals surface area contributed by atoms with Gasteiger partial charge in [-0.15, -0.1) is 25.3 Å². The van der Waals surface area contributed by atoms with Gasteiger partial charge in [0.05, 0.1) is 12.1 Å². The molecule has 2 unspecified atom stereocenters. The molecule has 2 rings (SSSR count). The molecule has 0 aliphatic carbocycles. The Balaban J connectivity index is 2.15. The SMILES string of the molecule is NC(c1cc[c]cc1)c1ccc(C(CNC(=S)S)NC(=S)S)cc1. The van der Waals surface area contributed by atoms with Crippen LogP contribution in [0.4, 0.5) is 0 Å². The van der Waals surface area contributed by atoms with Crippen LogP contribution in [-0.4, -0.2) is 15.2 Å². The molecule has 4 N–H and O–H groups in total. The van der Waals surface area contributed by atoms with Crippen LogP contribution < -0.4 is 16.4 Å². The van der Waals surface area contributed by atoms with E-state index < -0.39 is 0 Å². The Kier molecular flexibility index (Phi) is 7.51. The van der Waals surface area contributed by atoms with Gasteiger partial charge in [-0.3, -0.25) is 0 Å². The van der Waals surface area contributed by atoms with Gasteiger partial charge in [0, 0.05) is 6.54 Å². The summed E-state index contributed by atoms with van der Waals surface area (Å²) in [6.07, 6.45) is 0. The third-order valence-electron chi connectivity index (χ3n) is 3.56. The molecule has 7 heteroatoms. The van der Waals surface area contributed by atoms with Gasteiger partial charge in [0.1, 0.15) is 8.64 Å². The van der Waals surface area contributed by atoms with Crippen LogP contribution in [0.25, 0.3) is 0 Å². The first-order valence-corrected chi connectivity index (χ1v) is 8.96. The number of rotatable bonds is 6. The zero-order valence-electron chi connectivity index (χ0n) is 12.8. The fraction of sp³-hybridized carbons (Fsp3) is 0.176.